The largest absolute Gasteiger partial charge is 0.478 e. The van der Waals surface area contributed by atoms with Gasteiger partial charge in [-0.25, -0.2) is 4.79 Å². The van der Waals surface area contributed by atoms with E-state index in [1.165, 1.54) is 13.0 Å². The van der Waals surface area contributed by atoms with Gasteiger partial charge in [-0.05, 0) is 18.2 Å². The smallest absolute Gasteiger partial charge is 0.337 e. The van der Waals surface area contributed by atoms with Gasteiger partial charge in [-0.1, -0.05) is 0 Å². The first-order chi connectivity index (χ1) is 9.47. The topological polar surface area (TPSA) is 98.7 Å². The molecule has 0 aliphatic carbocycles. The fraction of sp³-hybridized carbons (Fsp3) is 0.308. The van der Waals surface area contributed by atoms with Crippen molar-refractivity contribution < 1.29 is 19.5 Å². The maximum absolute atomic E-state index is 11.4. The Balaban J connectivity index is 2.34. The zero-order chi connectivity index (χ0) is 14.7. The molecule has 0 radical (unpaired) electrons. The summed E-state index contributed by atoms with van der Waals surface area (Å²) in [5, 5.41) is 14.5. The number of amides is 2. The van der Waals surface area contributed by atoms with E-state index in [2.05, 4.69) is 10.6 Å². The summed E-state index contributed by atoms with van der Waals surface area (Å²) in [5.41, 5.74) is 0.951. The molecule has 0 saturated carbocycles. The molecule has 0 bridgehead atoms. The average Bonchev–Trinajstić information content (AvgIpc) is 2.37. The van der Waals surface area contributed by atoms with E-state index in [1.54, 1.807) is 17.0 Å². The monoisotopic (exact) mass is 277 g/mol. The van der Waals surface area contributed by atoms with Crippen molar-refractivity contribution >= 4 is 29.2 Å². The normalized spacial score (nSPS) is 14.7. The molecule has 1 aromatic carbocycles. The van der Waals surface area contributed by atoms with Crippen molar-refractivity contribution in [3.63, 3.8) is 0 Å². The summed E-state index contributed by atoms with van der Waals surface area (Å²) < 4.78 is 0. The molecule has 3 N–H and O–H groups in total. The lowest BCUT2D eigenvalue weighted by atomic mass is 10.1. The van der Waals surface area contributed by atoms with Crippen LogP contribution in [0.4, 0.5) is 11.4 Å². The van der Waals surface area contributed by atoms with Gasteiger partial charge < -0.3 is 20.6 Å². The number of anilines is 2. The highest BCUT2D eigenvalue weighted by Crippen LogP contribution is 2.25. The van der Waals surface area contributed by atoms with Gasteiger partial charge in [0.2, 0.25) is 11.8 Å². The summed E-state index contributed by atoms with van der Waals surface area (Å²) in [7, 11) is 0. The van der Waals surface area contributed by atoms with Crippen LogP contribution in [0.15, 0.2) is 18.2 Å². The van der Waals surface area contributed by atoms with Crippen molar-refractivity contribution in [3.8, 4) is 0 Å². The van der Waals surface area contributed by atoms with Crippen LogP contribution in [0.25, 0.3) is 0 Å². The number of piperazine rings is 1. The van der Waals surface area contributed by atoms with E-state index < -0.39 is 5.97 Å². The predicted octanol–water partition coefficient (Wildman–Crippen LogP) is 0.279. The zero-order valence-corrected chi connectivity index (χ0v) is 11.0. The lowest BCUT2D eigenvalue weighted by Gasteiger charge is -2.29. The molecular formula is C13H15N3O4. The van der Waals surface area contributed by atoms with Crippen LogP contribution in [0.2, 0.25) is 0 Å². The van der Waals surface area contributed by atoms with E-state index >= 15 is 0 Å². The Bertz CT molecular complexity index is 571. The summed E-state index contributed by atoms with van der Waals surface area (Å²) in [6.07, 6.45) is 0. The van der Waals surface area contributed by atoms with Gasteiger partial charge in [0, 0.05) is 25.7 Å². The van der Waals surface area contributed by atoms with Gasteiger partial charge in [-0.15, -0.1) is 0 Å². The molecule has 1 aromatic rings. The van der Waals surface area contributed by atoms with Gasteiger partial charge in [-0.3, -0.25) is 9.59 Å². The summed E-state index contributed by atoms with van der Waals surface area (Å²) in [4.78, 5) is 35.4. The Kier molecular flexibility index (Phi) is 3.88. The number of benzene rings is 1. The Labute approximate surface area is 115 Å². The quantitative estimate of drug-likeness (QED) is 0.737. The van der Waals surface area contributed by atoms with E-state index in [4.69, 9.17) is 0 Å². The lowest BCUT2D eigenvalue weighted by Crippen LogP contribution is -2.48. The molecule has 0 aromatic heterocycles. The second-order valence-corrected chi connectivity index (χ2v) is 4.49. The van der Waals surface area contributed by atoms with Gasteiger partial charge in [0.15, 0.2) is 0 Å². The first kappa shape index (κ1) is 13.9. The summed E-state index contributed by atoms with van der Waals surface area (Å²) in [6, 6.07) is 4.62. The minimum atomic E-state index is -1.10. The standard InChI is InChI=1S/C13H15N3O4/c1-8(17)15-9-2-3-11(10(6-9)13(19)20)16-5-4-14-12(18)7-16/h2-3,6H,4-5,7H2,1H3,(H,14,18)(H,15,17)(H,19,20). The van der Waals surface area contributed by atoms with Crippen molar-refractivity contribution in [3.05, 3.63) is 23.8 Å². The molecule has 1 aliphatic rings. The molecule has 0 unspecified atom stereocenters. The number of nitrogens with zero attached hydrogens (tertiary/aromatic N) is 1. The SMILES string of the molecule is CC(=O)Nc1ccc(N2CCNC(=O)C2)c(C(=O)O)c1. The number of hydrogen-bond acceptors (Lipinski definition) is 4. The first-order valence-corrected chi connectivity index (χ1v) is 6.14. The number of rotatable bonds is 3. The average molecular weight is 277 g/mol. The van der Waals surface area contributed by atoms with Gasteiger partial charge in [0.05, 0.1) is 17.8 Å². The fourth-order valence-corrected chi connectivity index (χ4v) is 2.11. The number of nitrogens with one attached hydrogen (secondary N) is 2. The van der Waals surface area contributed by atoms with Crippen molar-refractivity contribution in [1.29, 1.82) is 0 Å². The van der Waals surface area contributed by atoms with Gasteiger partial charge in [-0.2, -0.15) is 0 Å². The molecule has 7 nitrogen and oxygen atoms in total. The van der Waals surface area contributed by atoms with E-state index in [-0.39, 0.29) is 23.9 Å². The maximum Gasteiger partial charge on any atom is 0.337 e. The summed E-state index contributed by atoms with van der Waals surface area (Å²) >= 11 is 0. The number of carbonyl (C=O) groups excluding carboxylic acids is 2. The van der Waals surface area contributed by atoms with Crippen LogP contribution in [0.1, 0.15) is 17.3 Å². The summed E-state index contributed by atoms with van der Waals surface area (Å²) in [6.45, 7) is 2.50. The van der Waals surface area contributed by atoms with Crippen LogP contribution >= 0.6 is 0 Å². The molecule has 1 fully saturated rings. The van der Waals surface area contributed by atoms with E-state index in [9.17, 15) is 19.5 Å². The Morgan fingerprint density at radius 3 is 2.75 bits per heavy atom. The molecular weight excluding hydrogens is 262 g/mol. The molecule has 1 heterocycles. The number of hydrogen-bond donors (Lipinski definition) is 3. The minimum Gasteiger partial charge on any atom is -0.478 e. The van der Waals surface area contributed by atoms with Crippen molar-refractivity contribution in [2.75, 3.05) is 29.9 Å². The van der Waals surface area contributed by atoms with Crippen LogP contribution in [0.3, 0.4) is 0 Å². The third-order valence-corrected chi connectivity index (χ3v) is 2.93. The van der Waals surface area contributed by atoms with Crippen LogP contribution in [0, 0.1) is 0 Å². The molecule has 7 heteroatoms. The van der Waals surface area contributed by atoms with E-state index in [0.29, 0.717) is 24.5 Å². The van der Waals surface area contributed by atoms with E-state index in [1.807, 2.05) is 0 Å². The van der Waals surface area contributed by atoms with Crippen LogP contribution < -0.4 is 15.5 Å². The van der Waals surface area contributed by atoms with Crippen LogP contribution in [-0.2, 0) is 9.59 Å². The van der Waals surface area contributed by atoms with Crippen molar-refractivity contribution in [2.45, 2.75) is 6.92 Å². The molecule has 0 spiro atoms. The second kappa shape index (κ2) is 5.60. The zero-order valence-electron chi connectivity index (χ0n) is 11.0. The van der Waals surface area contributed by atoms with Gasteiger partial charge in [0.25, 0.3) is 0 Å². The lowest BCUT2D eigenvalue weighted by molar-refractivity contribution is -0.120. The molecule has 20 heavy (non-hydrogen) atoms. The third kappa shape index (κ3) is 3.05. The number of carboxylic acids is 1. The molecule has 0 atom stereocenters. The first-order valence-electron chi connectivity index (χ1n) is 6.14. The Morgan fingerprint density at radius 2 is 2.15 bits per heavy atom. The van der Waals surface area contributed by atoms with Gasteiger partial charge >= 0.3 is 5.97 Å². The number of aromatic carboxylic acids is 1. The van der Waals surface area contributed by atoms with E-state index in [0.717, 1.165) is 0 Å². The molecule has 106 valence electrons. The summed E-state index contributed by atoms with van der Waals surface area (Å²) in [5.74, 6) is -1.51. The molecule has 1 saturated heterocycles. The molecule has 2 rings (SSSR count). The predicted molar refractivity (Wildman–Crippen MR) is 72.9 cm³/mol. The van der Waals surface area contributed by atoms with Gasteiger partial charge in [0.1, 0.15) is 0 Å². The Hall–Kier alpha value is -2.57. The minimum absolute atomic E-state index is 0.0611. The number of carbonyl (C=O) groups is 3. The van der Waals surface area contributed by atoms with Crippen LogP contribution in [0.5, 0.6) is 0 Å². The molecule has 2 amide bonds. The van der Waals surface area contributed by atoms with Crippen molar-refractivity contribution in [2.24, 2.45) is 0 Å². The second-order valence-electron chi connectivity index (χ2n) is 4.49. The van der Waals surface area contributed by atoms with Crippen LogP contribution in [-0.4, -0.2) is 42.5 Å². The highest BCUT2D eigenvalue weighted by Gasteiger charge is 2.21. The highest BCUT2D eigenvalue weighted by atomic mass is 16.4. The third-order valence-electron chi connectivity index (χ3n) is 2.93. The number of carboxylic acid groups (broad SMARTS) is 1. The fourth-order valence-electron chi connectivity index (χ4n) is 2.11. The maximum atomic E-state index is 11.4. The Morgan fingerprint density at radius 1 is 1.40 bits per heavy atom. The van der Waals surface area contributed by atoms with Crippen molar-refractivity contribution in [1.82, 2.24) is 5.32 Å². The molecule has 1 aliphatic heterocycles. The highest BCUT2D eigenvalue weighted by molar-refractivity contribution is 5.98.